The lowest BCUT2D eigenvalue weighted by atomic mass is 9.71. The molecule has 28 heavy (non-hydrogen) atoms. The predicted molar refractivity (Wildman–Crippen MR) is 116 cm³/mol. The molecular formula is C25H34N2O. The molecule has 1 aromatic heterocycles. The second-order valence-corrected chi connectivity index (χ2v) is 9.04. The van der Waals surface area contributed by atoms with E-state index in [-0.39, 0.29) is 23.6 Å². The van der Waals surface area contributed by atoms with E-state index in [4.69, 9.17) is 0 Å². The second-order valence-electron chi connectivity index (χ2n) is 9.04. The smallest absolute Gasteiger partial charge is 0.0623 e. The summed E-state index contributed by atoms with van der Waals surface area (Å²) in [5.74, 6) is 0.496. The number of aromatic nitrogens is 1. The van der Waals surface area contributed by atoms with Gasteiger partial charge in [-0.15, -0.1) is 0 Å². The number of benzene rings is 1. The first-order chi connectivity index (χ1) is 13.3. The molecule has 1 aromatic carbocycles. The Morgan fingerprint density at radius 2 is 1.82 bits per heavy atom. The zero-order valence-corrected chi connectivity index (χ0v) is 17.8. The fraction of sp³-hybridized carbons (Fsp3) is 0.480. The van der Waals surface area contributed by atoms with Crippen molar-refractivity contribution >= 4 is 0 Å². The minimum Gasteiger partial charge on any atom is -0.392 e. The fourth-order valence-electron chi connectivity index (χ4n) is 4.41. The van der Waals surface area contributed by atoms with Crippen LogP contribution in [0.2, 0.25) is 0 Å². The molecule has 3 heteroatoms. The third-order valence-electron chi connectivity index (χ3n) is 5.89. The van der Waals surface area contributed by atoms with Gasteiger partial charge in [0.15, 0.2) is 0 Å². The molecule has 3 nitrogen and oxygen atoms in total. The van der Waals surface area contributed by atoms with Gasteiger partial charge in [0.05, 0.1) is 12.1 Å². The molecule has 2 heterocycles. The van der Waals surface area contributed by atoms with Gasteiger partial charge in [-0.05, 0) is 50.3 Å². The molecule has 3 rings (SSSR count). The Bertz CT molecular complexity index is 797. The number of nitrogens with zero attached hydrogens (tertiary/aromatic N) is 1. The van der Waals surface area contributed by atoms with Crippen LogP contribution >= 0.6 is 0 Å². The Labute approximate surface area is 169 Å². The summed E-state index contributed by atoms with van der Waals surface area (Å²) in [5.41, 5.74) is 4.47. The van der Waals surface area contributed by atoms with Crippen molar-refractivity contribution in [3.63, 3.8) is 0 Å². The van der Waals surface area contributed by atoms with Gasteiger partial charge in [0.1, 0.15) is 0 Å². The minimum absolute atomic E-state index is 0.0398. The number of nitrogens with one attached hydrogen (secondary N) is 1. The minimum atomic E-state index is -0.380. The highest BCUT2D eigenvalue weighted by atomic mass is 16.3. The molecule has 0 saturated carbocycles. The van der Waals surface area contributed by atoms with Crippen molar-refractivity contribution in [2.45, 2.75) is 65.1 Å². The van der Waals surface area contributed by atoms with Gasteiger partial charge in [0.25, 0.3) is 0 Å². The van der Waals surface area contributed by atoms with Crippen LogP contribution in [-0.4, -0.2) is 21.7 Å². The monoisotopic (exact) mass is 378 g/mol. The highest BCUT2D eigenvalue weighted by Crippen LogP contribution is 2.39. The molecule has 4 atom stereocenters. The third kappa shape index (κ3) is 4.71. The zero-order valence-electron chi connectivity index (χ0n) is 17.8. The highest BCUT2D eigenvalue weighted by Gasteiger charge is 2.43. The summed E-state index contributed by atoms with van der Waals surface area (Å²) in [5, 5.41) is 15.0. The van der Waals surface area contributed by atoms with Crippen LogP contribution in [0.3, 0.4) is 0 Å². The van der Waals surface area contributed by atoms with Crippen molar-refractivity contribution in [3.8, 4) is 0 Å². The Morgan fingerprint density at radius 3 is 2.43 bits per heavy atom. The van der Waals surface area contributed by atoms with Crippen molar-refractivity contribution in [1.29, 1.82) is 0 Å². The van der Waals surface area contributed by atoms with E-state index in [9.17, 15) is 5.11 Å². The molecule has 1 aliphatic rings. The summed E-state index contributed by atoms with van der Waals surface area (Å²) in [7, 11) is 0. The number of hydrogen-bond acceptors (Lipinski definition) is 3. The van der Waals surface area contributed by atoms with Crippen LogP contribution in [0.25, 0.3) is 0 Å². The van der Waals surface area contributed by atoms with Crippen molar-refractivity contribution in [3.05, 3.63) is 77.1 Å². The first-order valence-corrected chi connectivity index (χ1v) is 10.4. The standard InChI is InChI=1S/C25H34N2O/c1-17(2)13-23(28)22-14-19(4)24(20-9-7-6-8-10-20)27-25(22,5)15-21-12-11-18(3)16-26-21/h6-12,14,16-17,22-24,27-28H,13,15H2,1-5H3/t22-,23+,24+,25-/m0/s1. The van der Waals surface area contributed by atoms with Gasteiger partial charge in [-0.3, -0.25) is 4.98 Å². The number of aryl methyl sites for hydroxylation is 1. The summed E-state index contributed by atoms with van der Waals surface area (Å²) in [4.78, 5) is 4.65. The van der Waals surface area contributed by atoms with E-state index in [2.05, 4.69) is 93.5 Å². The number of aliphatic hydroxyl groups excluding tert-OH is 1. The normalized spacial score (nSPS) is 26.2. The molecule has 0 saturated heterocycles. The largest absolute Gasteiger partial charge is 0.392 e. The second kappa shape index (κ2) is 8.59. The Morgan fingerprint density at radius 1 is 1.11 bits per heavy atom. The third-order valence-corrected chi connectivity index (χ3v) is 5.89. The van der Waals surface area contributed by atoms with Gasteiger partial charge in [-0.25, -0.2) is 0 Å². The van der Waals surface area contributed by atoms with Crippen molar-refractivity contribution in [2.24, 2.45) is 11.8 Å². The lowest BCUT2D eigenvalue weighted by molar-refractivity contribution is 0.0490. The van der Waals surface area contributed by atoms with Crippen LogP contribution in [0.15, 0.2) is 60.3 Å². The van der Waals surface area contributed by atoms with Gasteiger partial charge >= 0.3 is 0 Å². The average molecular weight is 379 g/mol. The van der Waals surface area contributed by atoms with E-state index >= 15 is 0 Å². The summed E-state index contributed by atoms with van der Waals surface area (Å²) in [6.45, 7) is 10.8. The van der Waals surface area contributed by atoms with Gasteiger partial charge in [0, 0.05) is 29.8 Å². The van der Waals surface area contributed by atoms with Crippen LogP contribution in [0.5, 0.6) is 0 Å². The highest BCUT2D eigenvalue weighted by molar-refractivity contribution is 5.33. The fourth-order valence-corrected chi connectivity index (χ4v) is 4.41. The molecule has 150 valence electrons. The maximum absolute atomic E-state index is 11.1. The SMILES string of the molecule is CC1=C[C@@H]([C@H](O)CC(C)C)[C@](C)(Cc2ccc(C)cn2)N[C@H]1c1ccccc1. The molecular weight excluding hydrogens is 344 g/mol. The first kappa shape index (κ1) is 20.8. The van der Waals surface area contributed by atoms with Gasteiger partial charge in [-0.1, -0.05) is 61.9 Å². The summed E-state index contributed by atoms with van der Waals surface area (Å²) >= 11 is 0. The van der Waals surface area contributed by atoms with Crippen molar-refractivity contribution in [2.75, 3.05) is 0 Å². The van der Waals surface area contributed by atoms with Crippen molar-refractivity contribution < 1.29 is 5.11 Å². The van der Waals surface area contributed by atoms with E-state index in [1.807, 2.05) is 6.20 Å². The maximum atomic E-state index is 11.1. The summed E-state index contributed by atoms with van der Waals surface area (Å²) in [6.07, 6.45) is 5.42. The Balaban J connectivity index is 1.97. The topological polar surface area (TPSA) is 45.2 Å². The van der Waals surface area contributed by atoms with Crippen LogP contribution in [-0.2, 0) is 6.42 Å². The van der Waals surface area contributed by atoms with E-state index < -0.39 is 0 Å². The number of aliphatic hydroxyl groups is 1. The molecule has 0 radical (unpaired) electrons. The Hall–Kier alpha value is -1.97. The van der Waals surface area contributed by atoms with Gasteiger partial charge < -0.3 is 10.4 Å². The number of hydrogen-bond donors (Lipinski definition) is 2. The van der Waals surface area contributed by atoms with Crippen LogP contribution in [0.1, 0.15) is 57.0 Å². The van der Waals surface area contributed by atoms with Crippen molar-refractivity contribution in [1.82, 2.24) is 10.3 Å². The quantitative estimate of drug-likeness (QED) is 0.695. The van der Waals surface area contributed by atoms with Crippen LogP contribution in [0, 0.1) is 18.8 Å². The molecule has 0 amide bonds. The molecule has 2 aromatic rings. The molecule has 0 unspecified atom stereocenters. The van der Waals surface area contributed by atoms with Crippen LogP contribution < -0.4 is 5.32 Å². The lowest BCUT2D eigenvalue weighted by Crippen LogP contribution is -2.57. The van der Waals surface area contributed by atoms with Crippen LogP contribution in [0.4, 0.5) is 0 Å². The average Bonchev–Trinajstić information content (AvgIpc) is 2.65. The van der Waals surface area contributed by atoms with E-state index in [1.165, 1.54) is 16.7 Å². The van der Waals surface area contributed by atoms with E-state index in [0.717, 1.165) is 18.5 Å². The molecule has 0 aliphatic carbocycles. The first-order valence-electron chi connectivity index (χ1n) is 10.4. The Kier molecular flexibility index (Phi) is 6.36. The lowest BCUT2D eigenvalue weighted by Gasteiger charge is -2.47. The number of pyridine rings is 1. The zero-order chi connectivity index (χ0) is 20.3. The van der Waals surface area contributed by atoms with E-state index in [1.54, 1.807) is 0 Å². The molecule has 0 bridgehead atoms. The molecule has 0 fully saturated rings. The maximum Gasteiger partial charge on any atom is 0.0623 e. The summed E-state index contributed by atoms with van der Waals surface area (Å²) < 4.78 is 0. The molecule has 2 N–H and O–H groups in total. The predicted octanol–water partition coefficient (Wildman–Crippen LogP) is 5.01. The molecule has 0 spiro atoms. The molecule has 1 aliphatic heterocycles. The summed E-state index contributed by atoms with van der Waals surface area (Å²) in [6, 6.07) is 14.9. The number of rotatable bonds is 6. The van der Waals surface area contributed by atoms with Gasteiger partial charge in [-0.2, -0.15) is 0 Å². The van der Waals surface area contributed by atoms with Gasteiger partial charge in [0.2, 0.25) is 0 Å². The van der Waals surface area contributed by atoms with E-state index in [0.29, 0.717) is 5.92 Å².